The average Bonchev–Trinajstić information content (AvgIpc) is 3.12. The van der Waals surface area contributed by atoms with Gasteiger partial charge in [0.2, 0.25) is 0 Å². The van der Waals surface area contributed by atoms with Crippen molar-refractivity contribution in [1.29, 1.82) is 0 Å². The van der Waals surface area contributed by atoms with Crippen LogP contribution in [0.3, 0.4) is 0 Å². The summed E-state index contributed by atoms with van der Waals surface area (Å²) < 4.78 is 20.7. The molecule has 0 atom stereocenters. The Labute approximate surface area is 168 Å². The summed E-state index contributed by atoms with van der Waals surface area (Å²) in [7, 11) is 0. The van der Waals surface area contributed by atoms with E-state index >= 15 is 0 Å². The van der Waals surface area contributed by atoms with Crippen molar-refractivity contribution in [2.24, 2.45) is 0 Å². The Kier molecular flexibility index (Phi) is 5.71. The highest BCUT2D eigenvalue weighted by molar-refractivity contribution is 6.06. The molecule has 0 radical (unpaired) electrons. The van der Waals surface area contributed by atoms with Gasteiger partial charge in [-0.25, -0.2) is 14.1 Å². The molecule has 2 aromatic heterocycles. The first-order valence-electron chi connectivity index (χ1n) is 9.87. The third kappa shape index (κ3) is 4.22. The normalized spacial score (nSPS) is 14.8. The Balaban J connectivity index is 1.72. The number of nitrogens with zero attached hydrogens (tertiary/aromatic N) is 3. The third-order valence-corrected chi connectivity index (χ3v) is 5.04. The van der Waals surface area contributed by atoms with Crippen LogP contribution in [0.2, 0.25) is 0 Å². The molecule has 0 spiro atoms. The molecule has 152 valence electrons. The van der Waals surface area contributed by atoms with Gasteiger partial charge in [0.25, 0.3) is 5.91 Å². The van der Waals surface area contributed by atoms with Crippen LogP contribution in [-0.4, -0.2) is 46.5 Å². The van der Waals surface area contributed by atoms with Crippen LogP contribution in [0.15, 0.2) is 36.7 Å². The number of amides is 1. The summed E-state index contributed by atoms with van der Waals surface area (Å²) in [4.78, 5) is 17.1. The number of ether oxygens (including phenoxy) is 1. The molecular weight excluding hydrogens is 373 g/mol. The van der Waals surface area contributed by atoms with E-state index in [1.54, 1.807) is 23.1 Å². The number of benzene rings is 1. The molecule has 1 amide bonds. The van der Waals surface area contributed by atoms with E-state index in [9.17, 15) is 9.18 Å². The number of carbonyl (C=O) groups excluding carboxylic acids is 1. The number of rotatable bonds is 6. The van der Waals surface area contributed by atoms with E-state index in [2.05, 4.69) is 20.7 Å². The van der Waals surface area contributed by atoms with Crippen LogP contribution in [0, 0.1) is 5.82 Å². The summed E-state index contributed by atoms with van der Waals surface area (Å²) in [6.45, 7) is 4.20. The van der Waals surface area contributed by atoms with Crippen LogP contribution in [-0.2, 0) is 11.3 Å². The lowest BCUT2D eigenvalue weighted by molar-refractivity contribution is 0.0904. The van der Waals surface area contributed by atoms with Gasteiger partial charge in [-0.3, -0.25) is 4.79 Å². The number of carbonyl (C=O) groups is 1. The average molecular weight is 397 g/mol. The molecule has 2 N–H and O–H groups in total. The molecule has 0 aliphatic carbocycles. The largest absolute Gasteiger partial charge is 0.381 e. The summed E-state index contributed by atoms with van der Waals surface area (Å²) in [5.41, 5.74) is 2.68. The van der Waals surface area contributed by atoms with Crippen molar-refractivity contribution in [1.82, 2.24) is 20.1 Å². The Morgan fingerprint density at radius 3 is 2.90 bits per heavy atom. The van der Waals surface area contributed by atoms with Gasteiger partial charge >= 0.3 is 0 Å². The van der Waals surface area contributed by atoms with E-state index in [-0.39, 0.29) is 17.8 Å². The lowest BCUT2D eigenvalue weighted by atomic mass is 10.1. The third-order valence-electron chi connectivity index (χ3n) is 5.04. The van der Waals surface area contributed by atoms with E-state index < -0.39 is 0 Å². The maximum atomic E-state index is 13.5. The Morgan fingerprint density at radius 1 is 1.31 bits per heavy atom. The molecule has 4 rings (SSSR count). The summed E-state index contributed by atoms with van der Waals surface area (Å²) in [6, 6.07) is 6.64. The highest BCUT2D eigenvalue weighted by Gasteiger charge is 2.22. The fraction of sp³-hybridized carbons (Fsp3) is 0.381. The van der Waals surface area contributed by atoms with Crippen LogP contribution in [0.25, 0.3) is 11.0 Å². The number of hydrogen-bond acceptors (Lipinski definition) is 5. The molecule has 3 aromatic rings. The van der Waals surface area contributed by atoms with Gasteiger partial charge < -0.3 is 15.4 Å². The van der Waals surface area contributed by atoms with Crippen molar-refractivity contribution in [3.63, 3.8) is 0 Å². The zero-order valence-electron chi connectivity index (χ0n) is 16.3. The van der Waals surface area contributed by atoms with Crippen LogP contribution in [0.5, 0.6) is 0 Å². The number of aromatic nitrogens is 3. The maximum Gasteiger partial charge on any atom is 0.254 e. The molecule has 1 aliphatic rings. The van der Waals surface area contributed by atoms with E-state index in [0.717, 1.165) is 29.5 Å². The first-order chi connectivity index (χ1) is 14.2. The minimum absolute atomic E-state index is 0.172. The van der Waals surface area contributed by atoms with Gasteiger partial charge in [-0.1, -0.05) is 12.1 Å². The minimum Gasteiger partial charge on any atom is -0.381 e. The van der Waals surface area contributed by atoms with Crippen molar-refractivity contribution in [3.8, 4) is 0 Å². The lowest BCUT2D eigenvalue weighted by Crippen LogP contribution is -2.30. The zero-order valence-corrected chi connectivity index (χ0v) is 16.3. The van der Waals surface area contributed by atoms with Crippen molar-refractivity contribution in [2.75, 3.05) is 25.1 Å². The van der Waals surface area contributed by atoms with Crippen molar-refractivity contribution >= 4 is 22.6 Å². The van der Waals surface area contributed by atoms with Crippen molar-refractivity contribution in [2.45, 2.75) is 32.4 Å². The molecule has 7 nitrogen and oxygen atoms in total. The van der Waals surface area contributed by atoms with Gasteiger partial charge in [0.1, 0.15) is 5.82 Å². The quantitative estimate of drug-likeness (QED) is 0.668. The molecule has 1 aliphatic heterocycles. The smallest absolute Gasteiger partial charge is 0.254 e. The maximum absolute atomic E-state index is 13.5. The summed E-state index contributed by atoms with van der Waals surface area (Å²) in [5.74, 6) is -0.457. The zero-order chi connectivity index (χ0) is 20.2. The Morgan fingerprint density at radius 2 is 2.14 bits per heavy atom. The number of pyridine rings is 1. The molecule has 8 heteroatoms. The van der Waals surface area contributed by atoms with Gasteiger partial charge in [-0.15, -0.1) is 0 Å². The summed E-state index contributed by atoms with van der Waals surface area (Å²) >= 11 is 0. The number of halogens is 1. The molecular formula is C21H24FN5O2. The molecule has 1 saturated heterocycles. The predicted molar refractivity (Wildman–Crippen MR) is 109 cm³/mol. The van der Waals surface area contributed by atoms with E-state index in [0.29, 0.717) is 37.5 Å². The molecule has 29 heavy (non-hydrogen) atoms. The second kappa shape index (κ2) is 8.57. The van der Waals surface area contributed by atoms with Crippen molar-refractivity contribution in [3.05, 3.63) is 53.6 Å². The molecule has 3 heterocycles. The van der Waals surface area contributed by atoms with Gasteiger partial charge in [0.05, 0.1) is 29.4 Å². The van der Waals surface area contributed by atoms with Crippen molar-refractivity contribution < 1.29 is 13.9 Å². The summed E-state index contributed by atoms with van der Waals surface area (Å²) in [6.07, 6.45) is 5.04. The number of hydrogen-bond donors (Lipinski definition) is 2. The van der Waals surface area contributed by atoms with E-state index in [1.165, 1.54) is 12.1 Å². The highest BCUT2D eigenvalue weighted by atomic mass is 19.1. The van der Waals surface area contributed by atoms with Gasteiger partial charge in [0.15, 0.2) is 5.65 Å². The topological polar surface area (TPSA) is 81.1 Å². The Hall–Kier alpha value is -3.00. The van der Waals surface area contributed by atoms with Crippen LogP contribution in [0.1, 0.15) is 35.7 Å². The fourth-order valence-electron chi connectivity index (χ4n) is 3.58. The van der Waals surface area contributed by atoms with E-state index in [1.807, 2.05) is 13.0 Å². The molecule has 1 aromatic carbocycles. The standard InChI is InChI=1S/C21H24FN5O2/c1-2-23-21(28)18-11-24-20-17(19(18)26-16-6-8-29-9-7-16)12-25-27(20)13-14-4-3-5-15(22)10-14/h3-5,10-12,16H,2,6-9,13H2,1H3,(H,23,28)(H,24,26). The second-order valence-electron chi connectivity index (χ2n) is 7.11. The number of anilines is 1. The van der Waals surface area contributed by atoms with Gasteiger partial charge in [0, 0.05) is 32.0 Å². The number of nitrogens with one attached hydrogen (secondary N) is 2. The molecule has 0 bridgehead atoms. The van der Waals surface area contributed by atoms with Crippen LogP contribution >= 0.6 is 0 Å². The van der Waals surface area contributed by atoms with Crippen LogP contribution in [0.4, 0.5) is 10.1 Å². The van der Waals surface area contributed by atoms with E-state index in [4.69, 9.17) is 4.74 Å². The first-order valence-corrected chi connectivity index (χ1v) is 9.87. The summed E-state index contributed by atoms with van der Waals surface area (Å²) in [5, 5.41) is 11.6. The monoisotopic (exact) mass is 397 g/mol. The highest BCUT2D eigenvalue weighted by Crippen LogP contribution is 2.28. The molecule has 0 unspecified atom stereocenters. The second-order valence-corrected chi connectivity index (χ2v) is 7.11. The minimum atomic E-state index is -0.285. The molecule has 0 saturated carbocycles. The van der Waals surface area contributed by atoms with Crippen LogP contribution < -0.4 is 10.6 Å². The molecule has 1 fully saturated rings. The lowest BCUT2D eigenvalue weighted by Gasteiger charge is -2.25. The Bertz CT molecular complexity index is 1010. The first kappa shape index (κ1) is 19.3. The SMILES string of the molecule is CCNC(=O)c1cnc2c(cnn2Cc2cccc(F)c2)c1NC1CCOCC1. The van der Waals surface area contributed by atoms with Gasteiger partial charge in [-0.2, -0.15) is 5.10 Å². The number of fused-ring (bicyclic) bond motifs is 1. The van der Waals surface area contributed by atoms with Gasteiger partial charge in [-0.05, 0) is 37.5 Å². The fourth-order valence-corrected chi connectivity index (χ4v) is 3.58. The predicted octanol–water partition coefficient (Wildman–Crippen LogP) is 2.96.